The van der Waals surface area contributed by atoms with Crippen LogP contribution in [0.15, 0.2) is 27.4 Å². The smallest absolute Gasteiger partial charge is 0.174 e. The molecular weight excluding hydrogens is 310 g/mol. The molecule has 0 spiro atoms. The summed E-state index contributed by atoms with van der Waals surface area (Å²) < 4.78 is 5.29. The van der Waals surface area contributed by atoms with Gasteiger partial charge in [-0.25, -0.2) is 4.98 Å². The number of aryl methyl sites for hydroxylation is 1. The number of nitrogens with one attached hydrogen (secondary N) is 1. The van der Waals surface area contributed by atoms with Gasteiger partial charge in [-0.3, -0.25) is 0 Å². The van der Waals surface area contributed by atoms with Crippen LogP contribution in [0.25, 0.3) is 0 Å². The van der Waals surface area contributed by atoms with Crippen LogP contribution in [0, 0.1) is 0 Å². The van der Waals surface area contributed by atoms with E-state index in [0.717, 1.165) is 33.0 Å². The lowest BCUT2D eigenvalue weighted by Crippen LogP contribution is -2.15. The molecule has 1 N–H and O–H groups in total. The Balaban J connectivity index is 1.78. The van der Waals surface area contributed by atoms with E-state index in [4.69, 9.17) is 11.6 Å². The molecule has 20 heavy (non-hydrogen) atoms. The molecule has 0 unspecified atom stereocenters. The van der Waals surface area contributed by atoms with Crippen molar-refractivity contribution in [2.24, 2.45) is 0 Å². The summed E-state index contributed by atoms with van der Waals surface area (Å²) in [6.45, 7) is 2.93. The van der Waals surface area contributed by atoms with Crippen molar-refractivity contribution in [2.75, 3.05) is 0 Å². The summed E-state index contributed by atoms with van der Waals surface area (Å²) in [5.41, 5.74) is 1.24. The van der Waals surface area contributed by atoms with Crippen molar-refractivity contribution >= 4 is 34.9 Å². The standard InChI is InChI=1S/C14H16ClN3S2/c1-2-12-17-14(20-18-12)19-13-9(4-3-5-11(13)15)8-16-10-6-7-10/h3-5,10,16H,2,6-8H2,1H3. The van der Waals surface area contributed by atoms with Gasteiger partial charge in [0.2, 0.25) is 0 Å². The van der Waals surface area contributed by atoms with Gasteiger partial charge in [0.1, 0.15) is 5.82 Å². The van der Waals surface area contributed by atoms with Gasteiger partial charge in [-0.05, 0) is 36.0 Å². The number of nitrogens with zero attached hydrogens (tertiary/aromatic N) is 2. The Morgan fingerprint density at radius 1 is 1.45 bits per heavy atom. The van der Waals surface area contributed by atoms with E-state index < -0.39 is 0 Å². The Bertz CT molecular complexity index is 596. The van der Waals surface area contributed by atoms with E-state index in [9.17, 15) is 0 Å². The van der Waals surface area contributed by atoms with Crippen LogP contribution < -0.4 is 5.32 Å². The van der Waals surface area contributed by atoms with Crippen molar-refractivity contribution in [3.8, 4) is 0 Å². The molecule has 6 heteroatoms. The maximum absolute atomic E-state index is 6.36. The maximum Gasteiger partial charge on any atom is 0.174 e. The van der Waals surface area contributed by atoms with Gasteiger partial charge >= 0.3 is 0 Å². The lowest BCUT2D eigenvalue weighted by Gasteiger charge is -2.10. The maximum atomic E-state index is 6.36. The van der Waals surface area contributed by atoms with Crippen molar-refractivity contribution in [3.63, 3.8) is 0 Å². The van der Waals surface area contributed by atoms with Crippen molar-refractivity contribution in [1.82, 2.24) is 14.7 Å². The zero-order valence-corrected chi connectivity index (χ0v) is 13.6. The largest absolute Gasteiger partial charge is 0.310 e. The highest BCUT2D eigenvalue weighted by atomic mass is 35.5. The number of rotatable bonds is 6. The third kappa shape index (κ3) is 3.52. The third-order valence-corrected chi connectivity index (χ3v) is 5.56. The van der Waals surface area contributed by atoms with Crippen LogP contribution in [0.4, 0.5) is 0 Å². The number of hydrogen-bond donors (Lipinski definition) is 1. The van der Waals surface area contributed by atoms with Crippen LogP contribution in [0.2, 0.25) is 5.02 Å². The second-order valence-electron chi connectivity index (χ2n) is 4.82. The topological polar surface area (TPSA) is 37.8 Å². The van der Waals surface area contributed by atoms with E-state index in [0.29, 0.717) is 6.04 Å². The SMILES string of the molecule is CCc1nsc(Sc2c(Cl)cccc2CNC2CC2)n1. The van der Waals surface area contributed by atoms with Gasteiger partial charge in [0.25, 0.3) is 0 Å². The molecule has 3 nitrogen and oxygen atoms in total. The van der Waals surface area contributed by atoms with E-state index in [1.165, 1.54) is 29.9 Å². The Morgan fingerprint density at radius 2 is 2.30 bits per heavy atom. The molecule has 1 heterocycles. The molecule has 0 aliphatic heterocycles. The number of benzene rings is 1. The molecule has 0 saturated heterocycles. The molecule has 2 aromatic rings. The lowest BCUT2D eigenvalue weighted by atomic mass is 10.2. The van der Waals surface area contributed by atoms with Crippen LogP contribution in [-0.2, 0) is 13.0 Å². The third-order valence-electron chi connectivity index (χ3n) is 3.16. The minimum atomic E-state index is 0.694. The summed E-state index contributed by atoms with van der Waals surface area (Å²) in [6.07, 6.45) is 3.45. The number of aromatic nitrogens is 2. The highest BCUT2D eigenvalue weighted by Crippen LogP contribution is 2.37. The second-order valence-corrected chi connectivity index (χ2v) is 7.23. The first-order chi connectivity index (χ1) is 9.76. The Labute approximate surface area is 132 Å². The van der Waals surface area contributed by atoms with Crippen molar-refractivity contribution in [3.05, 3.63) is 34.6 Å². The number of hydrogen-bond acceptors (Lipinski definition) is 5. The molecule has 1 fully saturated rings. The molecule has 1 aromatic heterocycles. The first kappa shape index (κ1) is 14.3. The molecule has 1 aromatic carbocycles. The zero-order chi connectivity index (χ0) is 13.9. The fraction of sp³-hybridized carbons (Fsp3) is 0.429. The molecule has 3 rings (SSSR count). The Morgan fingerprint density at radius 3 is 3.00 bits per heavy atom. The lowest BCUT2D eigenvalue weighted by molar-refractivity contribution is 0.680. The van der Waals surface area contributed by atoms with E-state index >= 15 is 0 Å². The van der Waals surface area contributed by atoms with E-state index in [-0.39, 0.29) is 0 Å². The van der Waals surface area contributed by atoms with E-state index in [2.05, 4.69) is 27.7 Å². The van der Waals surface area contributed by atoms with Crippen molar-refractivity contribution < 1.29 is 0 Å². The van der Waals surface area contributed by atoms with Crippen molar-refractivity contribution in [2.45, 2.75) is 48.0 Å². The average Bonchev–Trinajstić information content (AvgIpc) is 3.17. The number of halogens is 1. The quantitative estimate of drug-likeness (QED) is 0.865. The molecule has 1 aliphatic rings. The highest BCUT2D eigenvalue weighted by molar-refractivity contribution is 8.01. The van der Waals surface area contributed by atoms with Crippen LogP contribution in [-0.4, -0.2) is 15.4 Å². The monoisotopic (exact) mass is 325 g/mol. The molecule has 0 bridgehead atoms. The van der Waals surface area contributed by atoms with Gasteiger partial charge in [0, 0.05) is 23.9 Å². The summed E-state index contributed by atoms with van der Waals surface area (Å²) in [6, 6.07) is 6.77. The first-order valence-electron chi connectivity index (χ1n) is 6.77. The van der Waals surface area contributed by atoms with E-state index in [1.807, 2.05) is 12.1 Å². The Kier molecular flexibility index (Phi) is 4.61. The van der Waals surface area contributed by atoms with Gasteiger partial charge < -0.3 is 5.32 Å². The summed E-state index contributed by atoms with van der Waals surface area (Å²) in [7, 11) is 0. The molecule has 106 valence electrons. The first-order valence-corrected chi connectivity index (χ1v) is 8.74. The summed E-state index contributed by atoms with van der Waals surface area (Å²) in [5, 5.41) is 4.33. The van der Waals surface area contributed by atoms with Crippen molar-refractivity contribution in [1.29, 1.82) is 0 Å². The average molecular weight is 326 g/mol. The van der Waals surface area contributed by atoms with Gasteiger partial charge in [-0.2, -0.15) is 4.37 Å². The minimum Gasteiger partial charge on any atom is -0.310 e. The molecule has 1 aliphatic carbocycles. The minimum absolute atomic E-state index is 0.694. The summed E-state index contributed by atoms with van der Waals surface area (Å²) >= 11 is 9.43. The summed E-state index contributed by atoms with van der Waals surface area (Å²) in [4.78, 5) is 5.60. The van der Waals surface area contributed by atoms with E-state index in [1.54, 1.807) is 11.8 Å². The molecular formula is C14H16ClN3S2. The van der Waals surface area contributed by atoms with Gasteiger partial charge in [-0.1, -0.05) is 42.4 Å². The fourth-order valence-electron chi connectivity index (χ4n) is 1.86. The van der Waals surface area contributed by atoms with Crippen LogP contribution >= 0.6 is 34.9 Å². The predicted octanol–water partition coefficient (Wildman–Crippen LogP) is 4.16. The fourth-order valence-corrected chi connectivity index (χ4v) is 3.94. The Hall–Kier alpha value is -0.620. The van der Waals surface area contributed by atoms with Gasteiger partial charge in [0.05, 0.1) is 5.02 Å². The predicted molar refractivity (Wildman–Crippen MR) is 84.7 cm³/mol. The summed E-state index contributed by atoms with van der Waals surface area (Å²) in [5.74, 6) is 0.905. The molecule has 0 amide bonds. The second kappa shape index (κ2) is 6.43. The van der Waals surface area contributed by atoms with Gasteiger partial charge in [0.15, 0.2) is 4.34 Å². The normalized spacial score (nSPS) is 14.7. The van der Waals surface area contributed by atoms with Crippen LogP contribution in [0.5, 0.6) is 0 Å². The van der Waals surface area contributed by atoms with Gasteiger partial charge in [-0.15, -0.1) is 0 Å². The molecule has 0 radical (unpaired) electrons. The highest BCUT2D eigenvalue weighted by Gasteiger charge is 2.21. The molecule has 0 atom stereocenters. The van der Waals surface area contributed by atoms with Crippen LogP contribution in [0.3, 0.4) is 0 Å². The molecule has 1 saturated carbocycles. The van der Waals surface area contributed by atoms with Crippen LogP contribution in [0.1, 0.15) is 31.2 Å². The zero-order valence-electron chi connectivity index (χ0n) is 11.2.